The molecular formula is C64H50IrN3. The molecule has 0 unspecified atom stereocenters. The summed E-state index contributed by atoms with van der Waals surface area (Å²) in [6.45, 7) is 6.59. The molecule has 3 aromatic heterocycles. The molecular weight excluding hydrogens is 1000 g/mol. The van der Waals surface area contributed by atoms with Crippen LogP contribution in [-0.4, -0.2) is 15.0 Å². The van der Waals surface area contributed by atoms with Gasteiger partial charge in [0.1, 0.15) is 0 Å². The molecule has 0 amide bonds. The van der Waals surface area contributed by atoms with Crippen molar-refractivity contribution >= 4 is 0 Å². The number of nitrogens with zero attached hydrogens (tertiary/aromatic N) is 3. The van der Waals surface area contributed by atoms with Gasteiger partial charge in [-0.15, -0.1) is 107 Å². The van der Waals surface area contributed by atoms with Gasteiger partial charge in [0.15, 0.2) is 0 Å². The Bertz CT molecular complexity index is 3220. The number of rotatable bonds is 13. The number of aryl methyl sites for hydroxylation is 7. The molecule has 0 spiro atoms. The SMILES string of the molecule is Cc1cc(-c2[c-]cccc2)ncc1CCc1cc(CCc2cnc(-c3[c-]cccc3)cc2C)cc(-c2ccccc2-c2cnc(-c3[c-]ccc(-c4cccc(-c5ccccc5)c4)c3)cc2C)c1.[Ir+3]. The first-order chi connectivity index (χ1) is 32.9. The van der Waals surface area contributed by atoms with E-state index in [0.717, 1.165) is 76.1 Å². The third-order valence-electron chi connectivity index (χ3n) is 12.8. The van der Waals surface area contributed by atoms with Crippen molar-refractivity contribution in [3.8, 4) is 78.3 Å². The summed E-state index contributed by atoms with van der Waals surface area (Å²) in [4.78, 5) is 14.8. The Labute approximate surface area is 415 Å². The minimum Gasteiger partial charge on any atom is -0.304 e. The molecule has 10 aromatic rings. The Balaban J connectivity index is 0.00000578. The molecule has 0 aliphatic rings. The summed E-state index contributed by atoms with van der Waals surface area (Å²) in [5.41, 5.74) is 24.0. The zero-order chi connectivity index (χ0) is 45.5. The molecule has 0 saturated carbocycles. The fraction of sp³-hybridized carbons (Fsp3) is 0.109. The smallest absolute Gasteiger partial charge is 0.304 e. The van der Waals surface area contributed by atoms with Gasteiger partial charge >= 0.3 is 20.1 Å². The third kappa shape index (κ3) is 10.4. The summed E-state index contributed by atoms with van der Waals surface area (Å²) in [6, 6.07) is 74.4. The van der Waals surface area contributed by atoms with E-state index in [1.165, 1.54) is 66.8 Å². The van der Waals surface area contributed by atoms with E-state index in [1.54, 1.807) is 0 Å². The van der Waals surface area contributed by atoms with Crippen LogP contribution in [0.4, 0.5) is 0 Å². The number of aromatic nitrogens is 3. The summed E-state index contributed by atoms with van der Waals surface area (Å²) < 4.78 is 0. The van der Waals surface area contributed by atoms with Crippen LogP contribution in [0.3, 0.4) is 0 Å². The molecule has 10 rings (SSSR count). The predicted octanol–water partition coefficient (Wildman–Crippen LogP) is 15.4. The van der Waals surface area contributed by atoms with Gasteiger partial charge in [0.2, 0.25) is 0 Å². The zero-order valence-corrected chi connectivity index (χ0v) is 41.0. The first-order valence-corrected chi connectivity index (χ1v) is 23.1. The van der Waals surface area contributed by atoms with Crippen LogP contribution in [0.5, 0.6) is 0 Å². The monoisotopic (exact) mass is 1050 g/mol. The van der Waals surface area contributed by atoms with E-state index in [0.29, 0.717) is 0 Å². The van der Waals surface area contributed by atoms with Crippen molar-refractivity contribution in [3.05, 3.63) is 258 Å². The number of hydrogen-bond donors (Lipinski definition) is 0. The van der Waals surface area contributed by atoms with Crippen LogP contribution >= 0.6 is 0 Å². The van der Waals surface area contributed by atoms with Crippen LogP contribution in [-0.2, 0) is 45.8 Å². The van der Waals surface area contributed by atoms with Crippen LogP contribution < -0.4 is 0 Å². The largest absolute Gasteiger partial charge is 3.00 e. The van der Waals surface area contributed by atoms with E-state index in [4.69, 9.17) is 15.0 Å². The van der Waals surface area contributed by atoms with E-state index in [2.05, 4.69) is 191 Å². The van der Waals surface area contributed by atoms with E-state index in [9.17, 15) is 0 Å². The average Bonchev–Trinajstić information content (AvgIpc) is 3.38. The molecule has 0 saturated heterocycles. The van der Waals surface area contributed by atoms with Crippen molar-refractivity contribution in [2.45, 2.75) is 46.5 Å². The Morgan fingerprint density at radius 1 is 0.338 bits per heavy atom. The normalized spacial score (nSPS) is 11.0. The molecule has 3 nitrogen and oxygen atoms in total. The van der Waals surface area contributed by atoms with E-state index >= 15 is 0 Å². The van der Waals surface area contributed by atoms with Gasteiger partial charge in [0, 0.05) is 24.2 Å². The maximum atomic E-state index is 5.10. The van der Waals surface area contributed by atoms with Gasteiger partial charge in [-0.1, -0.05) is 120 Å². The van der Waals surface area contributed by atoms with Gasteiger partial charge in [0.25, 0.3) is 0 Å². The van der Waals surface area contributed by atoms with Gasteiger partial charge in [-0.2, -0.15) is 0 Å². The summed E-state index contributed by atoms with van der Waals surface area (Å²) >= 11 is 0. The van der Waals surface area contributed by atoms with Crippen molar-refractivity contribution in [3.63, 3.8) is 0 Å². The van der Waals surface area contributed by atoms with E-state index < -0.39 is 0 Å². The Morgan fingerprint density at radius 3 is 1.43 bits per heavy atom. The molecule has 0 fully saturated rings. The molecule has 0 radical (unpaired) electrons. The van der Waals surface area contributed by atoms with Crippen molar-refractivity contribution in [2.24, 2.45) is 0 Å². The van der Waals surface area contributed by atoms with Crippen molar-refractivity contribution < 1.29 is 20.1 Å². The summed E-state index contributed by atoms with van der Waals surface area (Å²) in [5, 5.41) is 0. The fourth-order valence-corrected chi connectivity index (χ4v) is 9.11. The predicted molar refractivity (Wildman–Crippen MR) is 276 cm³/mol. The first kappa shape index (κ1) is 45.8. The minimum atomic E-state index is 0. The van der Waals surface area contributed by atoms with Crippen LogP contribution in [0.1, 0.15) is 38.9 Å². The Hall–Kier alpha value is -7.36. The van der Waals surface area contributed by atoms with Crippen molar-refractivity contribution in [1.82, 2.24) is 15.0 Å². The first-order valence-electron chi connectivity index (χ1n) is 23.1. The second-order valence-corrected chi connectivity index (χ2v) is 17.5. The minimum absolute atomic E-state index is 0. The Kier molecular flexibility index (Phi) is 14.2. The molecule has 4 heteroatoms. The molecule has 0 atom stereocenters. The molecule has 68 heavy (non-hydrogen) atoms. The summed E-state index contributed by atoms with van der Waals surface area (Å²) in [5.74, 6) is 0. The molecule has 3 heterocycles. The summed E-state index contributed by atoms with van der Waals surface area (Å²) in [6.07, 6.45) is 9.72. The third-order valence-corrected chi connectivity index (χ3v) is 12.8. The van der Waals surface area contributed by atoms with Gasteiger partial charge < -0.3 is 15.0 Å². The van der Waals surface area contributed by atoms with Crippen molar-refractivity contribution in [1.29, 1.82) is 0 Å². The zero-order valence-electron chi connectivity index (χ0n) is 38.6. The molecule has 7 aromatic carbocycles. The standard InChI is InChI=1S/C64H50N3.Ir/c1-44-33-62(50-19-9-5-10-20-50)65-41-56(44)31-29-47-36-48(30-32-57-42-66-63(34-45(57)2)51-21-11-6-12-22-51)38-58(37-47)59-27-13-14-28-60(59)61-43-67-64(35-46(61)3)55-26-16-25-54(40-55)53-24-15-23-52(39-53)49-17-7-4-8-18-49;/h4-19,21,23-25,27-28,33-43H,29-32H2,1-3H3;/q-3;+3. The second-order valence-electron chi connectivity index (χ2n) is 17.5. The quantitative estimate of drug-likeness (QED) is 0.108. The topological polar surface area (TPSA) is 38.7 Å². The molecule has 0 bridgehead atoms. The van der Waals surface area contributed by atoms with Gasteiger partial charge in [0.05, 0.1) is 0 Å². The fourth-order valence-electron chi connectivity index (χ4n) is 9.11. The van der Waals surface area contributed by atoms with E-state index in [1.807, 2.05) is 48.7 Å². The van der Waals surface area contributed by atoms with Crippen LogP contribution in [0.2, 0.25) is 0 Å². The molecule has 0 aliphatic carbocycles. The molecule has 330 valence electrons. The molecule has 0 N–H and O–H groups in total. The maximum absolute atomic E-state index is 5.10. The van der Waals surface area contributed by atoms with Crippen molar-refractivity contribution in [2.75, 3.05) is 0 Å². The number of benzene rings is 7. The number of hydrogen-bond acceptors (Lipinski definition) is 3. The van der Waals surface area contributed by atoms with Crippen LogP contribution in [0, 0.1) is 39.0 Å². The van der Waals surface area contributed by atoms with Crippen LogP contribution in [0.15, 0.2) is 201 Å². The van der Waals surface area contributed by atoms with Gasteiger partial charge in [-0.05, 0) is 131 Å². The second kappa shape index (κ2) is 21.1. The number of pyridine rings is 3. The van der Waals surface area contributed by atoms with Crippen LogP contribution in [0.25, 0.3) is 78.3 Å². The molecule has 0 aliphatic heterocycles. The summed E-state index contributed by atoms with van der Waals surface area (Å²) in [7, 11) is 0. The van der Waals surface area contributed by atoms with Gasteiger partial charge in [-0.25, -0.2) is 0 Å². The average molecular weight is 1050 g/mol. The maximum Gasteiger partial charge on any atom is 3.00 e. The van der Waals surface area contributed by atoms with Gasteiger partial charge in [-0.3, -0.25) is 0 Å². The van der Waals surface area contributed by atoms with E-state index in [-0.39, 0.29) is 20.1 Å². The Morgan fingerprint density at radius 2 is 0.838 bits per heavy atom.